The molecule has 0 bridgehead atoms. The van der Waals surface area contributed by atoms with Crippen LogP contribution in [0.2, 0.25) is 0 Å². The van der Waals surface area contributed by atoms with Crippen molar-refractivity contribution in [3.8, 4) is 0 Å². The van der Waals surface area contributed by atoms with Crippen molar-refractivity contribution in [2.75, 3.05) is 25.0 Å². The topological polar surface area (TPSA) is 65.5 Å². The monoisotopic (exact) mass is 235 g/mol. The van der Waals surface area contributed by atoms with Gasteiger partial charge >= 0.3 is 5.97 Å². The zero-order valence-corrected chi connectivity index (χ0v) is 9.89. The average Bonchev–Trinajstić information content (AvgIpc) is 2.39. The minimum absolute atomic E-state index is 0.109. The third kappa shape index (κ3) is 2.74. The van der Waals surface area contributed by atoms with Crippen molar-refractivity contribution in [1.82, 2.24) is 10.3 Å². The smallest absolute Gasteiger partial charge is 0.354 e. The molecule has 92 valence electrons. The van der Waals surface area contributed by atoms with E-state index in [-0.39, 0.29) is 5.69 Å². The van der Waals surface area contributed by atoms with E-state index in [1.165, 1.54) is 6.07 Å². The standard InChI is InChI=1S/C12H17N3O2/c1-13-9-5-7-15(8-6-9)11-4-2-3-10(14-11)12(16)17/h2-4,9,13H,5-8H2,1H3,(H,16,17). The van der Waals surface area contributed by atoms with Crippen LogP contribution in [-0.2, 0) is 0 Å². The predicted octanol–water partition coefficient (Wildman–Crippen LogP) is 0.968. The van der Waals surface area contributed by atoms with Crippen LogP contribution >= 0.6 is 0 Å². The maximum absolute atomic E-state index is 10.8. The fourth-order valence-corrected chi connectivity index (χ4v) is 2.12. The van der Waals surface area contributed by atoms with Gasteiger partial charge in [0.2, 0.25) is 0 Å². The number of piperidine rings is 1. The third-order valence-corrected chi connectivity index (χ3v) is 3.18. The fourth-order valence-electron chi connectivity index (χ4n) is 2.12. The number of nitrogens with zero attached hydrogens (tertiary/aromatic N) is 2. The van der Waals surface area contributed by atoms with Crippen molar-refractivity contribution in [3.05, 3.63) is 23.9 Å². The van der Waals surface area contributed by atoms with E-state index in [1.807, 2.05) is 13.1 Å². The van der Waals surface area contributed by atoms with Crippen LogP contribution in [0.1, 0.15) is 23.3 Å². The first kappa shape index (κ1) is 11.9. The summed E-state index contributed by atoms with van der Waals surface area (Å²) in [5, 5.41) is 12.2. The van der Waals surface area contributed by atoms with E-state index in [1.54, 1.807) is 6.07 Å². The van der Waals surface area contributed by atoms with Crippen LogP contribution in [0, 0.1) is 0 Å². The Morgan fingerprint density at radius 3 is 2.76 bits per heavy atom. The Morgan fingerprint density at radius 1 is 1.47 bits per heavy atom. The maximum Gasteiger partial charge on any atom is 0.354 e. The highest BCUT2D eigenvalue weighted by atomic mass is 16.4. The highest BCUT2D eigenvalue weighted by Crippen LogP contribution is 2.18. The Kier molecular flexibility index (Phi) is 3.58. The summed E-state index contributed by atoms with van der Waals surface area (Å²) in [5.41, 5.74) is 0.109. The van der Waals surface area contributed by atoms with Gasteiger partial charge in [0, 0.05) is 19.1 Å². The van der Waals surface area contributed by atoms with E-state index in [0.717, 1.165) is 31.7 Å². The third-order valence-electron chi connectivity index (χ3n) is 3.18. The fraction of sp³-hybridized carbons (Fsp3) is 0.500. The summed E-state index contributed by atoms with van der Waals surface area (Å²) in [6, 6.07) is 5.70. The lowest BCUT2D eigenvalue weighted by molar-refractivity contribution is 0.0690. The van der Waals surface area contributed by atoms with Gasteiger partial charge in [0.1, 0.15) is 5.82 Å². The van der Waals surface area contributed by atoms with Crippen molar-refractivity contribution in [2.45, 2.75) is 18.9 Å². The lowest BCUT2D eigenvalue weighted by atomic mass is 10.1. The molecular weight excluding hydrogens is 218 g/mol. The van der Waals surface area contributed by atoms with Gasteiger partial charge in [0.05, 0.1) is 0 Å². The molecule has 5 nitrogen and oxygen atoms in total. The minimum Gasteiger partial charge on any atom is -0.477 e. The number of carboxylic acid groups (broad SMARTS) is 1. The molecule has 0 spiro atoms. The molecule has 0 radical (unpaired) electrons. The van der Waals surface area contributed by atoms with Gasteiger partial charge in [0.25, 0.3) is 0 Å². The zero-order valence-electron chi connectivity index (χ0n) is 9.89. The number of hydrogen-bond donors (Lipinski definition) is 2. The summed E-state index contributed by atoms with van der Waals surface area (Å²) >= 11 is 0. The van der Waals surface area contributed by atoms with E-state index < -0.39 is 5.97 Å². The van der Waals surface area contributed by atoms with Crippen LogP contribution < -0.4 is 10.2 Å². The molecular formula is C12H17N3O2. The van der Waals surface area contributed by atoms with Gasteiger partial charge in [-0.25, -0.2) is 9.78 Å². The number of aromatic nitrogens is 1. The summed E-state index contributed by atoms with van der Waals surface area (Å²) in [7, 11) is 1.98. The van der Waals surface area contributed by atoms with Crippen molar-refractivity contribution >= 4 is 11.8 Å². The van der Waals surface area contributed by atoms with Gasteiger partial charge in [-0.2, -0.15) is 0 Å². The van der Waals surface area contributed by atoms with Crippen molar-refractivity contribution in [2.24, 2.45) is 0 Å². The molecule has 0 aromatic carbocycles. The van der Waals surface area contributed by atoms with Crippen LogP contribution in [-0.4, -0.2) is 42.2 Å². The summed E-state index contributed by atoms with van der Waals surface area (Å²) in [4.78, 5) is 17.1. The Morgan fingerprint density at radius 2 is 2.18 bits per heavy atom. The van der Waals surface area contributed by atoms with Gasteiger partial charge < -0.3 is 15.3 Å². The minimum atomic E-state index is -0.975. The summed E-state index contributed by atoms with van der Waals surface area (Å²) < 4.78 is 0. The van der Waals surface area contributed by atoms with Crippen LogP contribution in [0.5, 0.6) is 0 Å². The molecule has 0 unspecified atom stereocenters. The first-order valence-electron chi connectivity index (χ1n) is 5.83. The number of aromatic carboxylic acids is 1. The lowest BCUT2D eigenvalue weighted by Gasteiger charge is -2.32. The molecule has 0 aliphatic carbocycles. The molecule has 1 aromatic heterocycles. The Bertz CT molecular complexity index is 400. The second-order valence-electron chi connectivity index (χ2n) is 4.24. The highest BCUT2D eigenvalue weighted by Gasteiger charge is 2.19. The van der Waals surface area contributed by atoms with E-state index >= 15 is 0 Å². The molecule has 1 aliphatic rings. The van der Waals surface area contributed by atoms with Gasteiger partial charge in [-0.05, 0) is 32.0 Å². The predicted molar refractivity (Wildman–Crippen MR) is 65.5 cm³/mol. The molecule has 2 N–H and O–H groups in total. The quantitative estimate of drug-likeness (QED) is 0.817. The molecule has 1 saturated heterocycles. The molecule has 5 heteroatoms. The van der Waals surface area contributed by atoms with E-state index in [9.17, 15) is 4.79 Å². The van der Waals surface area contributed by atoms with Gasteiger partial charge in [-0.3, -0.25) is 0 Å². The van der Waals surface area contributed by atoms with Gasteiger partial charge in [-0.1, -0.05) is 6.07 Å². The number of anilines is 1. The molecule has 1 aromatic rings. The second-order valence-corrected chi connectivity index (χ2v) is 4.24. The van der Waals surface area contributed by atoms with Crippen LogP contribution in [0.15, 0.2) is 18.2 Å². The van der Waals surface area contributed by atoms with Crippen LogP contribution in [0.25, 0.3) is 0 Å². The van der Waals surface area contributed by atoms with E-state index in [2.05, 4.69) is 15.2 Å². The summed E-state index contributed by atoms with van der Waals surface area (Å²) in [6.07, 6.45) is 2.13. The normalized spacial score (nSPS) is 17.1. The van der Waals surface area contributed by atoms with Crippen LogP contribution in [0.4, 0.5) is 5.82 Å². The Hall–Kier alpha value is -1.62. The molecule has 2 rings (SSSR count). The van der Waals surface area contributed by atoms with E-state index in [4.69, 9.17) is 5.11 Å². The van der Waals surface area contributed by atoms with Crippen molar-refractivity contribution < 1.29 is 9.90 Å². The van der Waals surface area contributed by atoms with Gasteiger partial charge in [-0.15, -0.1) is 0 Å². The lowest BCUT2D eigenvalue weighted by Crippen LogP contribution is -2.41. The molecule has 17 heavy (non-hydrogen) atoms. The summed E-state index contributed by atoms with van der Waals surface area (Å²) in [5.74, 6) is -0.212. The first-order chi connectivity index (χ1) is 8.20. The number of carboxylic acids is 1. The maximum atomic E-state index is 10.8. The van der Waals surface area contributed by atoms with E-state index in [0.29, 0.717) is 6.04 Å². The SMILES string of the molecule is CNC1CCN(c2cccc(C(=O)O)n2)CC1. The largest absolute Gasteiger partial charge is 0.477 e. The van der Waals surface area contributed by atoms with Crippen molar-refractivity contribution in [1.29, 1.82) is 0 Å². The average molecular weight is 235 g/mol. The number of rotatable bonds is 3. The number of pyridine rings is 1. The molecule has 2 heterocycles. The second kappa shape index (κ2) is 5.14. The summed E-state index contributed by atoms with van der Waals surface area (Å²) in [6.45, 7) is 1.84. The Balaban J connectivity index is 2.08. The van der Waals surface area contributed by atoms with Gasteiger partial charge in [0.15, 0.2) is 5.69 Å². The van der Waals surface area contributed by atoms with Crippen LogP contribution in [0.3, 0.4) is 0 Å². The molecule has 1 fully saturated rings. The molecule has 1 aliphatic heterocycles. The number of carbonyl (C=O) groups is 1. The number of nitrogens with one attached hydrogen (secondary N) is 1. The zero-order chi connectivity index (χ0) is 12.3. The number of hydrogen-bond acceptors (Lipinski definition) is 4. The Labute approximate surface area is 100 Å². The van der Waals surface area contributed by atoms with Crippen molar-refractivity contribution in [3.63, 3.8) is 0 Å². The molecule has 0 amide bonds. The highest BCUT2D eigenvalue weighted by molar-refractivity contribution is 5.85. The molecule has 0 atom stereocenters. The first-order valence-corrected chi connectivity index (χ1v) is 5.83. The molecule has 0 saturated carbocycles.